The first-order valence-electron chi connectivity index (χ1n) is 8.39. The fourth-order valence-electron chi connectivity index (χ4n) is 3.21. The lowest BCUT2D eigenvalue weighted by atomic mass is 10.1. The first kappa shape index (κ1) is 18.2. The van der Waals surface area contributed by atoms with Crippen molar-refractivity contribution >= 4 is 29.1 Å². The van der Waals surface area contributed by atoms with Gasteiger partial charge in [-0.05, 0) is 37.6 Å². The number of hydrogen-bond donors (Lipinski definition) is 2. The van der Waals surface area contributed by atoms with Gasteiger partial charge in [-0.25, -0.2) is 0 Å². The molecule has 136 valence electrons. The van der Waals surface area contributed by atoms with Crippen LogP contribution in [0.1, 0.15) is 23.2 Å². The molecule has 7 heteroatoms. The van der Waals surface area contributed by atoms with E-state index in [1.54, 1.807) is 24.3 Å². The SMILES string of the molecule is Cc1cc(C)c(CNC(=O)C2CC(=O)N(c3ccccc3Cl)C2)c(=O)[nH]1. The minimum absolute atomic E-state index is 0.125. The molecule has 0 spiro atoms. The van der Waals surface area contributed by atoms with Crippen LogP contribution in [0, 0.1) is 19.8 Å². The molecule has 2 N–H and O–H groups in total. The summed E-state index contributed by atoms with van der Waals surface area (Å²) in [6.07, 6.45) is 0.125. The molecule has 1 aliphatic rings. The largest absolute Gasteiger partial charge is 0.351 e. The van der Waals surface area contributed by atoms with Gasteiger partial charge in [-0.2, -0.15) is 0 Å². The van der Waals surface area contributed by atoms with E-state index in [-0.39, 0.29) is 36.9 Å². The van der Waals surface area contributed by atoms with Gasteiger partial charge in [0.1, 0.15) is 0 Å². The number of carbonyl (C=O) groups is 2. The van der Waals surface area contributed by atoms with Crippen LogP contribution in [-0.2, 0) is 16.1 Å². The monoisotopic (exact) mass is 373 g/mol. The molecule has 1 aliphatic heterocycles. The third kappa shape index (κ3) is 3.65. The van der Waals surface area contributed by atoms with Crippen molar-refractivity contribution < 1.29 is 9.59 Å². The number of nitrogens with one attached hydrogen (secondary N) is 2. The van der Waals surface area contributed by atoms with Gasteiger partial charge in [0.15, 0.2) is 0 Å². The fourth-order valence-corrected chi connectivity index (χ4v) is 3.45. The molecule has 26 heavy (non-hydrogen) atoms. The van der Waals surface area contributed by atoms with Crippen LogP contribution in [0.15, 0.2) is 35.1 Å². The van der Waals surface area contributed by atoms with E-state index < -0.39 is 5.92 Å². The number of rotatable bonds is 4. The van der Waals surface area contributed by atoms with Crippen molar-refractivity contribution in [3.05, 3.63) is 62.5 Å². The van der Waals surface area contributed by atoms with E-state index in [1.807, 2.05) is 19.9 Å². The summed E-state index contributed by atoms with van der Waals surface area (Å²) in [6, 6.07) is 8.92. The van der Waals surface area contributed by atoms with Crippen LogP contribution < -0.4 is 15.8 Å². The lowest BCUT2D eigenvalue weighted by Gasteiger charge is -2.18. The third-order valence-corrected chi connectivity index (χ3v) is 4.89. The van der Waals surface area contributed by atoms with Gasteiger partial charge in [-0.3, -0.25) is 14.4 Å². The summed E-state index contributed by atoms with van der Waals surface area (Å²) < 4.78 is 0. The van der Waals surface area contributed by atoms with Crippen LogP contribution >= 0.6 is 11.6 Å². The Bertz CT molecular complexity index is 922. The topological polar surface area (TPSA) is 82.3 Å². The number of para-hydroxylation sites is 1. The number of carbonyl (C=O) groups excluding carboxylic acids is 2. The van der Waals surface area contributed by atoms with E-state index >= 15 is 0 Å². The van der Waals surface area contributed by atoms with Gasteiger partial charge in [0.05, 0.1) is 16.6 Å². The van der Waals surface area contributed by atoms with Crippen LogP contribution in [0.4, 0.5) is 5.69 Å². The Kier molecular flexibility index (Phi) is 5.13. The summed E-state index contributed by atoms with van der Waals surface area (Å²) in [4.78, 5) is 41.1. The first-order valence-corrected chi connectivity index (χ1v) is 8.76. The highest BCUT2D eigenvalue weighted by Crippen LogP contribution is 2.31. The van der Waals surface area contributed by atoms with Gasteiger partial charge in [0, 0.05) is 30.8 Å². The molecule has 1 fully saturated rings. The molecule has 3 rings (SSSR count). The van der Waals surface area contributed by atoms with E-state index in [2.05, 4.69) is 10.3 Å². The molecule has 2 heterocycles. The number of hydrogen-bond acceptors (Lipinski definition) is 3. The molecule has 6 nitrogen and oxygen atoms in total. The quantitative estimate of drug-likeness (QED) is 0.862. The van der Waals surface area contributed by atoms with Crippen molar-refractivity contribution in [1.82, 2.24) is 10.3 Å². The summed E-state index contributed by atoms with van der Waals surface area (Å²) in [5, 5.41) is 3.25. The number of benzene rings is 1. The van der Waals surface area contributed by atoms with Crippen molar-refractivity contribution in [2.75, 3.05) is 11.4 Å². The maximum absolute atomic E-state index is 12.5. The second kappa shape index (κ2) is 7.33. The fraction of sp³-hybridized carbons (Fsp3) is 0.316. The third-order valence-electron chi connectivity index (χ3n) is 4.57. The second-order valence-corrected chi connectivity index (χ2v) is 6.92. The zero-order chi connectivity index (χ0) is 18.8. The maximum atomic E-state index is 12.5. The smallest absolute Gasteiger partial charge is 0.253 e. The van der Waals surface area contributed by atoms with Gasteiger partial charge in [-0.15, -0.1) is 0 Å². The molecule has 2 amide bonds. The minimum atomic E-state index is -0.469. The molecule has 0 radical (unpaired) electrons. The van der Waals surface area contributed by atoms with Crippen LogP contribution in [0.5, 0.6) is 0 Å². The molecule has 1 aromatic heterocycles. The normalized spacial score (nSPS) is 16.8. The molecule has 1 unspecified atom stereocenters. The highest BCUT2D eigenvalue weighted by atomic mass is 35.5. The van der Waals surface area contributed by atoms with Crippen LogP contribution in [0.3, 0.4) is 0 Å². The Morgan fingerprint density at radius 3 is 2.73 bits per heavy atom. The van der Waals surface area contributed by atoms with Crippen molar-refractivity contribution in [2.24, 2.45) is 5.92 Å². The minimum Gasteiger partial charge on any atom is -0.351 e. The Hall–Kier alpha value is -2.60. The molecular formula is C19H20ClN3O3. The van der Waals surface area contributed by atoms with Crippen molar-refractivity contribution in [1.29, 1.82) is 0 Å². The second-order valence-electron chi connectivity index (χ2n) is 6.52. The van der Waals surface area contributed by atoms with Gasteiger partial charge in [0.2, 0.25) is 11.8 Å². The molecule has 1 atom stereocenters. The number of aryl methyl sites for hydroxylation is 2. The Morgan fingerprint density at radius 2 is 2.04 bits per heavy atom. The van der Waals surface area contributed by atoms with Gasteiger partial charge >= 0.3 is 0 Å². The van der Waals surface area contributed by atoms with Crippen molar-refractivity contribution in [3.63, 3.8) is 0 Å². The van der Waals surface area contributed by atoms with Crippen LogP contribution in [0.2, 0.25) is 5.02 Å². The van der Waals surface area contributed by atoms with Crippen LogP contribution in [0.25, 0.3) is 0 Å². The molecular weight excluding hydrogens is 354 g/mol. The lowest BCUT2D eigenvalue weighted by Crippen LogP contribution is -2.34. The van der Waals surface area contributed by atoms with Gasteiger partial charge in [-0.1, -0.05) is 23.7 Å². The van der Waals surface area contributed by atoms with Crippen molar-refractivity contribution in [3.8, 4) is 0 Å². The molecule has 1 aromatic carbocycles. The standard InChI is InChI=1S/C19H20ClN3O3/c1-11-7-12(2)22-19(26)14(11)9-21-18(25)13-8-17(24)23(10-13)16-6-4-3-5-15(16)20/h3-7,13H,8-10H2,1-2H3,(H,21,25)(H,22,26). The summed E-state index contributed by atoms with van der Waals surface area (Å²) >= 11 is 6.15. The highest BCUT2D eigenvalue weighted by Gasteiger charge is 2.35. The number of aromatic amines is 1. The van der Waals surface area contributed by atoms with Crippen LogP contribution in [-0.4, -0.2) is 23.3 Å². The predicted octanol–water partition coefficient (Wildman–Crippen LogP) is 2.31. The Morgan fingerprint density at radius 1 is 1.31 bits per heavy atom. The highest BCUT2D eigenvalue weighted by molar-refractivity contribution is 6.33. The lowest BCUT2D eigenvalue weighted by molar-refractivity contribution is -0.126. The average molecular weight is 374 g/mol. The number of aromatic nitrogens is 1. The average Bonchev–Trinajstić information content (AvgIpc) is 2.96. The number of halogens is 1. The number of amides is 2. The van der Waals surface area contributed by atoms with Gasteiger partial charge < -0.3 is 15.2 Å². The van der Waals surface area contributed by atoms with Gasteiger partial charge in [0.25, 0.3) is 5.56 Å². The summed E-state index contributed by atoms with van der Waals surface area (Å²) in [7, 11) is 0. The number of anilines is 1. The predicted molar refractivity (Wildman–Crippen MR) is 100 cm³/mol. The van der Waals surface area contributed by atoms with E-state index in [1.165, 1.54) is 4.90 Å². The van der Waals surface area contributed by atoms with E-state index in [0.717, 1.165) is 11.3 Å². The molecule has 1 saturated heterocycles. The summed E-state index contributed by atoms with van der Waals surface area (Å²) in [6.45, 7) is 4.06. The van der Waals surface area contributed by atoms with E-state index in [4.69, 9.17) is 11.6 Å². The first-order chi connectivity index (χ1) is 12.4. The zero-order valence-electron chi connectivity index (χ0n) is 14.6. The number of nitrogens with zero attached hydrogens (tertiary/aromatic N) is 1. The maximum Gasteiger partial charge on any atom is 0.253 e. The Balaban J connectivity index is 1.68. The van der Waals surface area contributed by atoms with E-state index in [0.29, 0.717) is 16.3 Å². The molecule has 2 aromatic rings. The Labute approximate surface area is 156 Å². The zero-order valence-corrected chi connectivity index (χ0v) is 15.4. The molecule has 0 aliphatic carbocycles. The summed E-state index contributed by atoms with van der Waals surface area (Å²) in [5.74, 6) is -0.849. The van der Waals surface area contributed by atoms with Crippen molar-refractivity contribution in [2.45, 2.75) is 26.8 Å². The molecule has 0 saturated carbocycles. The number of pyridine rings is 1. The number of H-pyrrole nitrogens is 1. The van der Waals surface area contributed by atoms with E-state index in [9.17, 15) is 14.4 Å². The summed E-state index contributed by atoms with van der Waals surface area (Å²) in [5.41, 5.74) is 2.53. The molecule has 0 bridgehead atoms.